The molecule has 1 aromatic heterocycles. The van der Waals surface area contributed by atoms with E-state index in [0.717, 1.165) is 6.42 Å². The van der Waals surface area contributed by atoms with Crippen LogP contribution in [0.4, 0.5) is 0 Å². The fraction of sp³-hybridized carbons (Fsp3) is 0.667. The maximum absolute atomic E-state index is 4.09. The molecule has 0 aromatic carbocycles. The number of aromatic amines is 1. The molecule has 0 radical (unpaired) electrons. The molecule has 0 bridgehead atoms. The predicted molar refractivity (Wildman–Crippen MR) is 46.4 cm³/mol. The van der Waals surface area contributed by atoms with Gasteiger partial charge < -0.3 is 0 Å². The first-order valence-electron chi connectivity index (χ1n) is 4.42. The third-order valence-corrected chi connectivity index (χ3v) is 1.84. The maximum atomic E-state index is 4.09. The van der Waals surface area contributed by atoms with E-state index in [9.17, 15) is 0 Å². The molecule has 11 heavy (non-hydrogen) atoms. The molecule has 0 unspecified atom stereocenters. The lowest BCUT2D eigenvalue weighted by Crippen LogP contribution is -1.85. The topological polar surface area (TPSA) is 28.7 Å². The van der Waals surface area contributed by atoms with Gasteiger partial charge in [0.15, 0.2) is 0 Å². The Balaban J connectivity index is 2.04. The average Bonchev–Trinajstić information content (AvgIpc) is 2.50. The van der Waals surface area contributed by atoms with Crippen LogP contribution in [-0.4, -0.2) is 10.2 Å². The molecular weight excluding hydrogens is 136 g/mol. The molecule has 0 aliphatic carbocycles. The first-order chi connectivity index (χ1) is 5.43. The van der Waals surface area contributed by atoms with Gasteiger partial charge in [0, 0.05) is 6.20 Å². The van der Waals surface area contributed by atoms with Crippen molar-refractivity contribution in [3.8, 4) is 0 Å². The largest absolute Gasteiger partial charge is 0.285 e. The minimum atomic E-state index is 1.13. The highest BCUT2D eigenvalue weighted by Crippen LogP contribution is 2.04. The number of unbranched alkanes of at least 4 members (excludes halogenated alkanes) is 3. The number of aromatic nitrogens is 2. The second-order valence-electron chi connectivity index (χ2n) is 2.88. The molecule has 0 atom stereocenters. The van der Waals surface area contributed by atoms with E-state index in [1.807, 2.05) is 12.3 Å². The number of nitrogens with one attached hydrogen (secondary N) is 1. The lowest BCUT2D eigenvalue weighted by molar-refractivity contribution is 0.659. The Morgan fingerprint density at radius 1 is 1.36 bits per heavy atom. The van der Waals surface area contributed by atoms with Crippen molar-refractivity contribution in [3.05, 3.63) is 18.0 Å². The molecule has 0 amide bonds. The average molecular weight is 152 g/mol. The smallest absolute Gasteiger partial charge is 0.0622 e. The molecule has 62 valence electrons. The third-order valence-electron chi connectivity index (χ3n) is 1.84. The van der Waals surface area contributed by atoms with Gasteiger partial charge in [0.1, 0.15) is 0 Å². The van der Waals surface area contributed by atoms with E-state index in [0.29, 0.717) is 0 Å². The van der Waals surface area contributed by atoms with Crippen LogP contribution in [0.1, 0.15) is 38.3 Å². The monoisotopic (exact) mass is 152 g/mol. The van der Waals surface area contributed by atoms with Crippen molar-refractivity contribution in [1.82, 2.24) is 10.2 Å². The molecular formula is C9H16N2. The fourth-order valence-electron chi connectivity index (χ4n) is 1.16. The molecule has 1 rings (SSSR count). The molecule has 2 nitrogen and oxygen atoms in total. The molecule has 1 heterocycles. The minimum Gasteiger partial charge on any atom is -0.285 e. The van der Waals surface area contributed by atoms with Crippen LogP contribution in [0.15, 0.2) is 12.3 Å². The Labute approximate surface area is 68.0 Å². The molecule has 1 aromatic rings. The van der Waals surface area contributed by atoms with Gasteiger partial charge in [0.05, 0.1) is 5.69 Å². The van der Waals surface area contributed by atoms with Crippen LogP contribution >= 0.6 is 0 Å². The Hall–Kier alpha value is -0.790. The number of H-pyrrole nitrogens is 1. The van der Waals surface area contributed by atoms with E-state index >= 15 is 0 Å². The van der Waals surface area contributed by atoms with Crippen molar-refractivity contribution in [2.24, 2.45) is 0 Å². The van der Waals surface area contributed by atoms with Gasteiger partial charge in [-0.05, 0) is 18.9 Å². The standard InChI is InChI=1S/C9H16N2/c1-2-3-4-5-6-9-7-8-10-11-9/h7-8H,2-6H2,1H3,(H,10,11). The fourth-order valence-corrected chi connectivity index (χ4v) is 1.16. The zero-order valence-corrected chi connectivity index (χ0v) is 7.14. The van der Waals surface area contributed by atoms with E-state index in [4.69, 9.17) is 0 Å². The van der Waals surface area contributed by atoms with Crippen molar-refractivity contribution in [2.45, 2.75) is 39.0 Å². The van der Waals surface area contributed by atoms with Gasteiger partial charge in [-0.15, -0.1) is 0 Å². The number of hydrogen-bond donors (Lipinski definition) is 1. The third kappa shape index (κ3) is 3.21. The Bertz CT molecular complexity index is 168. The SMILES string of the molecule is CCCCCCc1cc[nH]n1. The lowest BCUT2D eigenvalue weighted by Gasteiger charge is -1.95. The van der Waals surface area contributed by atoms with E-state index in [2.05, 4.69) is 17.1 Å². The lowest BCUT2D eigenvalue weighted by atomic mass is 10.1. The first-order valence-corrected chi connectivity index (χ1v) is 4.42. The molecule has 0 fully saturated rings. The van der Waals surface area contributed by atoms with E-state index in [-0.39, 0.29) is 0 Å². The zero-order chi connectivity index (χ0) is 7.94. The summed E-state index contributed by atoms with van der Waals surface area (Å²) in [7, 11) is 0. The summed E-state index contributed by atoms with van der Waals surface area (Å²) in [6.07, 6.45) is 8.28. The van der Waals surface area contributed by atoms with Crippen molar-refractivity contribution in [1.29, 1.82) is 0 Å². The van der Waals surface area contributed by atoms with Crippen molar-refractivity contribution < 1.29 is 0 Å². The van der Waals surface area contributed by atoms with Crippen molar-refractivity contribution >= 4 is 0 Å². The molecule has 0 saturated heterocycles. The molecule has 2 heteroatoms. The highest BCUT2D eigenvalue weighted by molar-refractivity contribution is 4.96. The number of rotatable bonds is 5. The van der Waals surface area contributed by atoms with Gasteiger partial charge in [0.2, 0.25) is 0 Å². The van der Waals surface area contributed by atoms with Gasteiger partial charge in [-0.2, -0.15) is 5.10 Å². The van der Waals surface area contributed by atoms with Crippen molar-refractivity contribution in [2.75, 3.05) is 0 Å². The Morgan fingerprint density at radius 3 is 2.91 bits per heavy atom. The molecule has 0 aliphatic rings. The zero-order valence-electron chi connectivity index (χ0n) is 7.14. The Kier molecular flexibility index (Phi) is 3.73. The van der Waals surface area contributed by atoms with Crippen LogP contribution < -0.4 is 0 Å². The van der Waals surface area contributed by atoms with Gasteiger partial charge in [-0.1, -0.05) is 26.2 Å². The molecule has 0 aliphatic heterocycles. The van der Waals surface area contributed by atoms with E-state index < -0.39 is 0 Å². The Morgan fingerprint density at radius 2 is 2.27 bits per heavy atom. The summed E-state index contributed by atoms with van der Waals surface area (Å²) < 4.78 is 0. The van der Waals surface area contributed by atoms with Gasteiger partial charge >= 0.3 is 0 Å². The highest BCUT2D eigenvalue weighted by atomic mass is 15.1. The van der Waals surface area contributed by atoms with E-state index in [1.54, 1.807) is 0 Å². The van der Waals surface area contributed by atoms with Crippen LogP contribution in [0.25, 0.3) is 0 Å². The molecule has 1 N–H and O–H groups in total. The molecule has 0 saturated carbocycles. The second kappa shape index (κ2) is 4.94. The summed E-state index contributed by atoms with van der Waals surface area (Å²) in [5.74, 6) is 0. The normalized spacial score (nSPS) is 10.3. The van der Waals surface area contributed by atoms with Gasteiger partial charge in [-0.25, -0.2) is 0 Å². The minimum absolute atomic E-state index is 1.13. The summed E-state index contributed by atoms with van der Waals surface area (Å²) in [5.41, 5.74) is 1.20. The second-order valence-corrected chi connectivity index (χ2v) is 2.88. The van der Waals surface area contributed by atoms with Gasteiger partial charge in [0.25, 0.3) is 0 Å². The number of aryl methyl sites for hydroxylation is 1. The summed E-state index contributed by atoms with van der Waals surface area (Å²) in [6.45, 7) is 2.23. The summed E-state index contributed by atoms with van der Waals surface area (Å²) in [6, 6.07) is 2.05. The van der Waals surface area contributed by atoms with Crippen molar-refractivity contribution in [3.63, 3.8) is 0 Å². The number of hydrogen-bond acceptors (Lipinski definition) is 1. The summed E-state index contributed by atoms with van der Waals surface area (Å²) in [4.78, 5) is 0. The summed E-state index contributed by atoms with van der Waals surface area (Å²) in [5, 5.41) is 6.91. The quantitative estimate of drug-likeness (QED) is 0.645. The first kappa shape index (κ1) is 8.31. The van der Waals surface area contributed by atoms with E-state index in [1.165, 1.54) is 31.4 Å². The van der Waals surface area contributed by atoms with Crippen LogP contribution in [0.2, 0.25) is 0 Å². The van der Waals surface area contributed by atoms with Crippen LogP contribution in [-0.2, 0) is 6.42 Å². The molecule has 0 spiro atoms. The predicted octanol–water partition coefficient (Wildman–Crippen LogP) is 2.53. The number of nitrogens with zero attached hydrogens (tertiary/aromatic N) is 1. The van der Waals surface area contributed by atoms with Crippen LogP contribution in [0.5, 0.6) is 0 Å². The van der Waals surface area contributed by atoms with Crippen LogP contribution in [0, 0.1) is 0 Å². The summed E-state index contributed by atoms with van der Waals surface area (Å²) >= 11 is 0. The highest BCUT2D eigenvalue weighted by Gasteiger charge is 1.93. The van der Waals surface area contributed by atoms with Crippen LogP contribution in [0.3, 0.4) is 0 Å². The van der Waals surface area contributed by atoms with Gasteiger partial charge in [-0.3, -0.25) is 5.10 Å². The maximum Gasteiger partial charge on any atom is 0.0622 e.